The molecule has 6 amide bonds. The first-order valence-corrected chi connectivity index (χ1v) is 18.0. The molecular weight excluding hydrogens is 704 g/mol. The molecule has 0 bridgehead atoms. The molecule has 17 heteroatoms. The van der Waals surface area contributed by atoms with Gasteiger partial charge in [0.2, 0.25) is 35.4 Å². The molecule has 302 valence electrons. The van der Waals surface area contributed by atoms with Crippen LogP contribution in [0.15, 0.2) is 30.3 Å². The van der Waals surface area contributed by atoms with Gasteiger partial charge in [-0.15, -0.1) is 0 Å². The zero-order chi connectivity index (χ0) is 41.3. The highest BCUT2D eigenvalue weighted by Crippen LogP contribution is 2.16. The van der Waals surface area contributed by atoms with Crippen molar-refractivity contribution in [2.75, 3.05) is 21.2 Å². The first-order valence-electron chi connectivity index (χ1n) is 18.0. The fourth-order valence-electron chi connectivity index (χ4n) is 5.59. The van der Waals surface area contributed by atoms with Gasteiger partial charge in [-0.1, -0.05) is 78.3 Å². The minimum Gasteiger partial charge on any atom is -0.481 e. The molecule has 0 aliphatic rings. The molecule has 0 spiro atoms. The molecule has 6 N–H and O–H groups in total. The van der Waals surface area contributed by atoms with E-state index in [4.69, 9.17) is 4.84 Å². The van der Waals surface area contributed by atoms with Gasteiger partial charge in [0.25, 0.3) is 0 Å². The predicted octanol–water partition coefficient (Wildman–Crippen LogP) is 1.10. The number of amides is 6. The third-order valence-electron chi connectivity index (χ3n) is 8.94. The number of rotatable bonds is 23. The van der Waals surface area contributed by atoms with Crippen molar-refractivity contribution in [2.24, 2.45) is 17.8 Å². The molecule has 0 aliphatic carbocycles. The summed E-state index contributed by atoms with van der Waals surface area (Å²) in [6.07, 6.45) is -0.643. The highest BCUT2D eigenvalue weighted by Gasteiger charge is 2.37. The van der Waals surface area contributed by atoms with Crippen LogP contribution in [-0.4, -0.2) is 119 Å². The normalized spacial score (nSPS) is 14.4. The predicted molar refractivity (Wildman–Crippen MR) is 197 cm³/mol. The lowest BCUT2D eigenvalue weighted by molar-refractivity contribution is -0.169. The van der Waals surface area contributed by atoms with Gasteiger partial charge in [0.15, 0.2) is 0 Å². The van der Waals surface area contributed by atoms with Crippen LogP contribution in [0.1, 0.15) is 79.2 Å². The SMILES string of the molecule is CCC(C)[C@H](NC(=O)[C@H](C(C)C)N(C)C(=O)CCc1ccccc1)C(=O)NC(CC(=O)N(C)OC)C(=O)N[C@@H](CC(=O)O)C(=O)N[C@@H](CC(C)C)C(=O)O. The molecule has 0 saturated heterocycles. The molecule has 2 unspecified atom stereocenters. The second-order valence-electron chi connectivity index (χ2n) is 14.1. The Morgan fingerprint density at radius 3 is 1.74 bits per heavy atom. The first-order chi connectivity index (χ1) is 25.2. The summed E-state index contributed by atoms with van der Waals surface area (Å²) < 4.78 is 0. The second-order valence-corrected chi connectivity index (χ2v) is 14.1. The van der Waals surface area contributed by atoms with Crippen LogP contribution in [-0.2, 0) is 49.6 Å². The van der Waals surface area contributed by atoms with Gasteiger partial charge in [-0.25, -0.2) is 9.86 Å². The van der Waals surface area contributed by atoms with E-state index in [2.05, 4.69) is 21.3 Å². The molecular formula is C37H58N6O11. The van der Waals surface area contributed by atoms with E-state index >= 15 is 0 Å². The third kappa shape index (κ3) is 15.5. The Balaban J connectivity index is 3.36. The molecule has 1 aromatic rings. The van der Waals surface area contributed by atoms with Crippen molar-refractivity contribution in [3.05, 3.63) is 35.9 Å². The Bertz CT molecular complexity index is 1450. The van der Waals surface area contributed by atoms with E-state index < -0.39 is 90.4 Å². The number of benzene rings is 1. The Hall–Kier alpha value is -5.06. The van der Waals surface area contributed by atoms with Crippen molar-refractivity contribution in [1.82, 2.24) is 31.2 Å². The van der Waals surface area contributed by atoms with Gasteiger partial charge in [0.05, 0.1) is 20.0 Å². The van der Waals surface area contributed by atoms with Crippen LogP contribution in [0.3, 0.4) is 0 Å². The molecule has 0 radical (unpaired) electrons. The zero-order valence-corrected chi connectivity index (χ0v) is 32.7. The standard InChI is InChI=1S/C37H58N6O11/c1-10-23(6)31(41-36(51)32(22(4)5)42(7)28(44)17-16-24-14-12-11-13-15-24)35(50)39-25(19-29(45)43(8)54-9)33(48)38-26(20-30(46)47)34(49)40-27(37(52)53)18-21(2)3/h11-15,21-23,25-27,31-32H,10,16-20H2,1-9H3,(H,38,48)(H,39,50)(H,40,49)(H,41,51)(H,46,47)(H,52,53)/t23?,25?,26-,27-,31-,32-/m0/s1. The number of aliphatic carboxylic acids is 2. The number of carbonyl (C=O) groups is 8. The van der Waals surface area contributed by atoms with Crippen molar-refractivity contribution >= 4 is 47.4 Å². The van der Waals surface area contributed by atoms with Crippen LogP contribution in [0.5, 0.6) is 0 Å². The van der Waals surface area contributed by atoms with Gasteiger partial charge < -0.3 is 36.4 Å². The van der Waals surface area contributed by atoms with E-state index in [9.17, 15) is 48.6 Å². The molecule has 1 rings (SSSR count). The van der Waals surface area contributed by atoms with Crippen molar-refractivity contribution in [3.8, 4) is 0 Å². The average molecular weight is 763 g/mol. The number of likely N-dealkylation sites (N-methyl/N-ethyl adjacent to an activating group) is 1. The Labute approximate surface area is 316 Å². The molecule has 54 heavy (non-hydrogen) atoms. The average Bonchev–Trinajstić information content (AvgIpc) is 3.10. The van der Waals surface area contributed by atoms with Crippen molar-refractivity contribution < 1.29 is 53.4 Å². The minimum absolute atomic E-state index is 0.0172. The summed E-state index contributed by atoms with van der Waals surface area (Å²) in [4.78, 5) is 110. The van der Waals surface area contributed by atoms with Gasteiger partial charge in [0, 0.05) is 20.5 Å². The molecule has 17 nitrogen and oxygen atoms in total. The van der Waals surface area contributed by atoms with Gasteiger partial charge in [-0.05, 0) is 36.2 Å². The highest BCUT2D eigenvalue weighted by atomic mass is 16.7. The lowest BCUT2D eigenvalue weighted by atomic mass is 9.95. The molecule has 0 aliphatic heterocycles. The van der Waals surface area contributed by atoms with Gasteiger partial charge >= 0.3 is 11.9 Å². The number of nitrogens with one attached hydrogen (secondary N) is 4. The number of aryl methyl sites for hydroxylation is 1. The summed E-state index contributed by atoms with van der Waals surface area (Å²) in [6, 6.07) is 2.29. The topological polar surface area (TPSA) is 241 Å². The Morgan fingerprint density at radius 2 is 1.26 bits per heavy atom. The largest absolute Gasteiger partial charge is 0.481 e. The number of hydrogen-bond donors (Lipinski definition) is 6. The number of carbonyl (C=O) groups excluding carboxylic acids is 6. The van der Waals surface area contributed by atoms with Crippen LogP contribution in [0, 0.1) is 17.8 Å². The van der Waals surface area contributed by atoms with Crippen LogP contribution in [0.2, 0.25) is 0 Å². The summed E-state index contributed by atoms with van der Waals surface area (Å²) in [7, 11) is 3.96. The lowest BCUT2D eigenvalue weighted by Crippen LogP contribution is -2.61. The van der Waals surface area contributed by atoms with E-state index in [0.29, 0.717) is 12.8 Å². The van der Waals surface area contributed by atoms with E-state index in [-0.39, 0.29) is 30.6 Å². The first kappa shape index (κ1) is 47.0. The number of carboxylic acids is 2. The third-order valence-corrected chi connectivity index (χ3v) is 8.94. The molecule has 0 aromatic heterocycles. The number of carboxylic acid groups (broad SMARTS) is 2. The molecule has 6 atom stereocenters. The number of nitrogens with zero attached hydrogens (tertiary/aromatic N) is 2. The van der Waals surface area contributed by atoms with Crippen molar-refractivity contribution in [3.63, 3.8) is 0 Å². The summed E-state index contributed by atoms with van der Waals surface area (Å²) >= 11 is 0. The minimum atomic E-state index is -1.79. The lowest BCUT2D eigenvalue weighted by Gasteiger charge is -2.33. The molecule has 0 fully saturated rings. The second kappa shape index (κ2) is 22.9. The van der Waals surface area contributed by atoms with Gasteiger partial charge in [-0.2, -0.15) is 0 Å². The van der Waals surface area contributed by atoms with E-state index in [1.165, 1.54) is 26.1 Å². The maximum absolute atomic E-state index is 13.9. The molecule has 0 heterocycles. The molecule has 0 saturated carbocycles. The van der Waals surface area contributed by atoms with Crippen LogP contribution >= 0.6 is 0 Å². The van der Waals surface area contributed by atoms with E-state index in [0.717, 1.165) is 10.6 Å². The number of hydrogen-bond acceptors (Lipinski definition) is 9. The Kier molecular flexibility index (Phi) is 19.9. The smallest absolute Gasteiger partial charge is 0.326 e. The summed E-state index contributed by atoms with van der Waals surface area (Å²) in [5.41, 5.74) is 0.956. The summed E-state index contributed by atoms with van der Waals surface area (Å²) in [6.45, 7) is 10.4. The zero-order valence-electron chi connectivity index (χ0n) is 32.7. The quantitative estimate of drug-likeness (QED) is 0.0863. The number of hydroxylamine groups is 2. The summed E-state index contributed by atoms with van der Waals surface area (Å²) in [5, 5.41) is 29.5. The summed E-state index contributed by atoms with van der Waals surface area (Å²) in [5.74, 6) is -8.67. The monoisotopic (exact) mass is 762 g/mol. The fraction of sp³-hybridized carbons (Fsp3) is 0.622. The maximum Gasteiger partial charge on any atom is 0.326 e. The van der Waals surface area contributed by atoms with Crippen LogP contribution in [0.25, 0.3) is 0 Å². The molecule has 1 aromatic carbocycles. The maximum atomic E-state index is 13.9. The van der Waals surface area contributed by atoms with Crippen molar-refractivity contribution in [1.29, 1.82) is 0 Å². The van der Waals surface area contributed by atoms with Crippen LogP contribution in [0.4, 0.5) is 0 Å². The van der Waals surface area contributed by atoms with Crippen LogP contribution < -0.4 is 21.3 Å². The Morgan fingerprint density at radius 1 is 0.722 bits per heavy atom. The van der Waals surface area contributed by atoms with Gasteiger partial charge in [0.1, 0.15) is 30.2 Å². The highest BCUT2D eigenvalue weighted by molar-refractivity contribution is 5.98. The van der Waals surface area contributed by atoms with Crippen molar-refractivity contribution in [2.45, 2.75) is 110 Å². The van der Waals surface area contributed by atoms with E-state index in [1.54, 1.807) is 41.5 Å². The van der Waals surface area contributed by atoms with E-state index in [1.807, 2.05) is 30.3 Å². The van der Waals surface area contributed by atoms with Gasteiger partial charge in [-0.3, -0.25) is 38.4 Å². The fourth-order valence-corrected chi connectivity index (χ4v) is 5.59.